The summed E-state index contributed by atoms with van der Waals surface area (Å²) in [6.07, 6.45) is -7.79. The van der Waals surface area contributed by atoms with Gasteiger partial charge in [0.2, 0.25) is 0 Å². The van der Waals surface area contributed by atoms with E-state index >= 15 is 0 Å². The highest BCUT2D eigenvalue weighted by atomic mass is 79.9. The smallest absolute Gasteiger partial charge is 0.394 e. The molecule has 0 amide bonds. The molecule has 0 bridgehead atoms. The van der Waals surface area contributed by atoms with Gasteiger partial charge in [0.15, 0.2) is 23.2 Å². The lowest BCUT2D eigenvalue weighted by Crippen LogP contribution is -2.53. The number of nitrogens with zero attached hydrogens (tertiary/aromatic N) is 6. The molecule has 5 rings (SSSR count). The largest absolute Gasteiger partial charge is 0.435 e. The van der Waals surface area contributed by atoms with E-state index in [0.717, 1.165) is 33.9 Å². The van der Waals surface area contributed by atoms with Gasteiger partial charge in [0, 0.05) is 28.0 Å². The average Bonchev–Trinajstić information content (AvgIpc) is 3.54. The number of hydrogen-bond acceptors (Lipinski definition) is 8. The second-order valence-corrected chi connectivity index (χ2v) is 10.5. The molecule has 3 aromatic heterocycles. The predicted octanol–water partition coefficient (Wildman–Crippen LogP) is 3.94. The highest BCUT2D eigenvalue weighted by Crippen LogP contribution is 2.40. The molecular weight excluding hydrogens is 647 g/mol. The summed E-state index contributed by atoms with van der Waals surface area (Å²) >= 11 is 8.72. The van der Waals surface area contributed by atoms with Gasteiger partial charge in [-0.15, -0.1) is 0 Å². The van der Waals surface area contributed by atoms with Crippen LogP contribution in [0.4, 0.5) is 22.0 Å². The minimum atomic E-state index is -4.88. The van der Waals surface area contributed by atoms with E-state index in [4.69, 9.17) is 16.3 Å². The third-order valence-electron chi connectivity index (χ3n) is 6.47. The van der Waals surface area contributed by atoms with E-state index in [1.807, 2.05) is 0 Å². The summed E-state index contributed by atoms with van der Waals surface area (Å²) < 4.78 is 77.9. The third kappa shape index (κ3) is 5.35. The number of alkyl halides is 3. The molecule has 1 fully saturated rings. The van der Waals surface area contributed by atoms with Crippen molar-refractivity contribution in [1.29, 1.82) is 0 Å². The Morgan fingerprint density at radius 1 is 1.12 bits per heavy atom. The van der Waals surface area contributed by atoms with Crippen LogP contribution in [0.5, 0.6) is 0 Å². The molecule has 4 aromatic rings. The number of aromatic nitrogens is 6. The minimum absolute atomic E-state index is 0.0220. The van der Waals surface area contributed by atoms with Gasteiger partial charge in [0.05, 0.1) is 23.5 Å². The first kappa shape index (κ1) is 29.5. The Bertz CT molecular complexity index is 1600. The molecule has 1 aliphatic rings. The summed E-state index contributed by atoms with van der Waals surface area (Å²) in [5, 5.41) is 40.0. The zero-order valence-electron chi connectivity index (χ0n) is 20.6. The van der Waals surface area contributed by atoms with E-state index in [0.29, 0.717) is 0 Å². The minimum Gasteiger partial charge on any atom is -0.394 e. The van der Waals surface area contributed by atoms with Crippen LogP contribution in [0, 0.1) is 18.6 Å². The van der Waals surface area contributed by atoms with Crippen molar-refractivity contribution in [3.8, 4) is 16.8 Å². The van der Waals surface area contributed by atoms with Crippen LogP contribution < -0.4 is 0 Å². The number of hydrogen-bond donors (Lipinski definition) is 3. The molecule has 4 heterocycles. The maximum absolute atomic E-state index is 14.6. The Hall–Kier alpha value is -3.02. The fourth-order valence-electron chi connectivity index (χ4n) is 4.62. The van der Waals surface area contributed by atoms with Crippen molar-refractivity contribution in [2.45, 2.75) is 43.6 Å². The Balaban J connectivity index is 1.59. The Kier molecular flexibility index (Phi) is 7.90. The van der Waals surface area contributed by atoms with Gasteiger partial charge in [-0.1, -0.05) is 11.6 Å². The lowest BCUT2D eigenvalue weighted by molar-refractivity contribution is -0.210. The molecule has 0 saturated carbocycles. The maximum Gasteiger partial charge on any atom is 0.435 e. The molecule has 3 N–H and O–H groups in total. The van der Waals surface area contributed by atoms with Crippen LogP contribution in [-0.2, 0) is 10.9 Å². The van der Waals surface area contributed by atoms with Gasteiger partial charge in [-0.2, -0.15) is 23.4 Å². The zero-order valence-corrected chi connectivity index (χ0v) is 23.0. The van der Waals surface area contributed by atoms with Crippen molar-refractivity contribution in [2.75, 3.05) is 6.61 Å². The number of pyridine rings is 1. The Morgan fingerprint density at radius 2 is 1.85 bits per heavy atom. The van der Waals surface area contributed by atoms with Crippen LogP contribution in [-0.4, -0.2) is 69.8 Å². The Morgan fingerprint density at radius 3 is 2.54 bits per heavy atom. The van der Waals surface area contributed by atoms with Crippen LogP contribution in [0.25, 0.3) is 16.8 Å². The number of halogens is 7. The van der Waals surface area contributed by atoms with Gasteiger partial charge in [0.1, 0.15) is 36.3 Å². The molecule has 1 saturated heterocycles. The maximum atomic E-state index is 14.6. The molecule has 17 heteroatoms. The highest BCUT2D eigenvalue weighted by Gasteiger charge is 2.49. The highest BCUT2D eigenvalue weighted by molar-refractivity contribution is 9.10. The molecule has 218 valence electrons. The van der Waals surface area contributed by atoms with Gasteiger partial charge in [0.25, 0.3) is 0 Å². The number of benzene rings is 1. The van der Waals surface area contributed by atoms with Crippen LogP contribution >= 0.6 is 27.5 Å². The topological polar surface area (TPSA) is 131 Å². The molecular formula is C24H19BrClF5N6O4. The normalized spacial score (nSPS) is 23.2. The van der Waals surface area contributed by atoms with Gasteiger partial charge >= 0.3 is 6.18 Å². The van der Waals surface area contributed by atoms with Gasteiger partial charge in [-0.25, -0.2) is 23.4 Å². The van der Waals surface area contributed by atoms with Crippen LogP contribution in [0.1, 0.15) is 29.5 Å². The van der Waals surface area contributed by atoms with E-state index in [-0.39, 0.29) is 27.2 Å². The molecule has 1 aliphatic heterocycles. The Labute approximate surface area is 241 Å². The summed E-state index contributed by atoms with van der Waals surface area (Å²) in [4.78, 5) is 7.65. The zero-order chi connectivity index (χ0) is 29.8. The molecule has 41 heavy (non-hydrogen) atoms. The van der Waals surface area contributed by atoms with Crippen molar-refractivity contribution in [3.63, 3.8) is 0 Å². The van der Waals surface area contributed by atoms with E-state index in [1.54, 1.807) is 0 Å². The fraction of sp³-hybridized carbons (Fsp3) is 0.333. The number of aliphatic hydroxyl groups is 3. The molecule has 0 spiro atoms. The molecule has 10 nitrogen and oxygen atoms in total. The van der Waals surface area contributed by atoms with E-state index in [2.05, 4.69) is 36.1 Å². The van der Waals surface area contributed by atoms with E-state index < -0.39 is 71.3 Å². The van der Waals surface area contributed by atoms with Gasteiger partial charge in [-0.3, -0.25) is 4.68 Å². The van der Waals surface area contributed by atoms with Crippen molar-refractivity contribution in [1.82, 2.24) is 29.5 Å². The molecule has 5 atom stereocenters. The summed E-state index contributed by atoms with van der Waals surface area (Å²) in [5.41, 5.74) is -1.96. The first-order chi connectivity index (χ1) is 19.3. The van der Waals surface area contributed by atoms with E-state index in [9.17, 15) is 37.3 Å². The third-order valence-corrected chi connectivity index (χ3v) is 7.19. The summed E-state index contributed by atoms with van der Waals surface area (Å²) in [5.74, 6) is -2.79. The molecule has 1 aromatic carbocycles. The number of aryl methyl sites for hydroxylation is 1. The van der Waals surface area contributed by atoms with Crippen molar-refractivity contribution >= 4 is 27.5 Å². The number of ether oxygens (including phenoxy) is 1. The molecule has 0 radical (unpaired) electrons. The first-order valence-corrected chi connectivity index (χ1v) is 13.0. The number of aliphatic hydroxyl groups excluding tert-OH is 3. The summed E-state index contributed by atoms with van der Waals surface area (Å²) in [6, 6.07) is 2.09. The predicted molar refractivity (Wildman–Crippen MR) is 135 cm³/mol. The van der Waals surface area contributed by atoms with Crippen LogP contribution in [0.15, 0.2) is 41.3 Å². The SMILES string of the molecule is Cc1nc([C@@H]2O[C@H](CO)[C@H](O)[C@H](n3cc(-c4ccc(Cl)c(F)c4F)cn3)[C@H]2O)n(-c2cc(Br)cnc2C(F)(F)F)n1. The molecule has 0 unspecified atom stereocenters. The van der Waals surface area contributed by atoms with Crippen LogP contribution in [0.2, 0.25) is 5.02 Å². The fourth-order valence-corrected chi connectivity index (χ4v) is 5.08. The molecule has 0 aliphatic carbocycles. The van der Waals surface area contributed by atoms with Crippen molar-refractivity contribution < 1.29 is 42.0 Å². The lowest BCUT2D eigenvalue weighted by Gasteiger charge is -2.41. The quantitative estimate of drug-likeness (QED) is 0.216. The van der Waals surface area contributed by atoms with Crippen LogP contribution in [0.3, 0.4) is 0 Å². The average molecular weight is 666 g/mol. The van der Waals surface area contributed by atoms with Crippen molar-refractivity contribution in [3.05, 3.63) is 75.3 Å². The standard InChI is InChI=1S/C24H19BrClF5N6O4/c1-9-34-23(37(35-9)14-4-11(25)6-32-22(14)24(29,30)31)21-20(40)18(19(39)15(8-38)41-21)36-7-10(5-33-36)12-2-3-13(26)17(28)16(12)27/h2-7,15,18-21,38-40H,8H2,1H3/t15-,18+,19+,20-,21-/m1/s1. The lowest BCUT2D eigenvalue weighted by atomic mass is 9.92. The second-order valence-electron chi connectivity index (χ2n) is 9.13. The second kappa shape index (κ2) is 11.0. The monoisotopic (exact) mass is 664 g/mol. The number of rotatable bonds is 5. The summed E-state index contributed by atoms with van der Waals surface area (Å²) in [6.45, 7) is 0.648. The van der Waals surface area contributed by atoms with E-state index in [1.165, 1.54) is 19.2 Å². The first-order valence-electron chi connectivity index (χ1n) is 11.8. The van der Waals surface area contributed by atoms with Gasteiger partial charge < -0.3 is 20.1 Å². The van der Waals surface area contributed by atoms with Crippen molar-refractivity contribution in [2.24, 2.45) is 0 Å². The summed E-state index contributed by atoms with van der Waals surface area (Å²) in [7, 11) is 0. The van der Waals surface area contributed by atoms with Gasteiger partial charge in [-0.05, 0) is 41.1 Å².